The highest BCUT2D eigenvalue weighted by molar-refractivity contribution is 6.25. The second kappa shape index (κ2) is 16.0. The van der Waals surface area contributed by atoms with E-state index in [1.165, 1.54) is 54.6 Å². The molecule has 0 amide bonds. The zero-order chi connectivity index (χ0) is 46.3. The lowest BCUT2D eigenvalue weighted by molar-refractivity contribution is 0.670. The van der Waals surface area contributed by atoms with Crippen LogP contribution in [0.15, 0.2) is 241 Å². The Morgan fingerprint density at radius 3 is 1.60 bits per heavy atom. The Kier molecular flexibility index (Phi) is 9.11. The molecule has 0 unspecified atom stereocenters. The van der Waals surface area contributed by atoms with Crippen molar-refractivity contribution < 1.29 is 4.42 Å². The van der Waals surface area contributed by atoms with Crippen molar-refractivity contribution in [1.29, 1.82) is 0 Å². The zero-order valence-electron chi connectivity index (χ0n) is 38.3. The van der Waals surface area contributed by atoms with Crippen molar-refractivity contribution in [2.45, 2.75) is 6.92 Å². The van der Waals surface area contributed by atoms with Gasteiger partial charge in [-0.15, -0.1) is 0 Å². The molecule has 0 aliphatic heterocycles. The van der Waals surface area contributed by atoms with Crippen LogP contribution in [0.5, 0.6) is 0 Å². The van der Waals surface area contributed by atoms with Gasteiger partial charge in [-0.1, -0.05) is 206 Å². The molecular formula is C67H42N2O. The molecular weight excluding hydrogens is 849 g/mol. The summed E-state index contributed by atoms with van der Waals surface area (Å²) in [6.45, 7) is 2.24. The predicted octanol–water partition coefficient (Wildman–Crippen LogP) is 18.5. The van der Waals surface area contributed by atoms with Crippen LogP contribution in [0.2, 0.25) is 0 Å². The minimum Gasteiger partial charge on any atom is -0.455 e. The molecule has 2 heterocycles. The standard InChI is InChI=1S/C67H42N2O/c1-41-36-51(55-22-10-15-45-13-3-5-19-53(45)55)39-61-64(41)58-35-34-50(54-21-9-14-44-12-2-4-18-52(44)54)38-60(58)65-66(61)69-62(40-68-65)47-32-28-43(29-33-47)49-17-8-16-48(37-49)42-26-30-46(31-27-42)56-23-11-24-59-57-20-6-7-25-63(57)70-67(56)59/h2-40H,1H3. The van der Waals surface area contributed by atoms with Crippen LogP contribution in [-0.2, 0) is 0 Å². The van der Waals surface area contributed by atoms with E-state index in [1.807, 2.05) is 18.3 Å². The summed E-state index contributed by atoms with van der Waals surface area (Å²) < 4.78 is 6.36. The average Bonchev–Trinajstić information content (AvgIpc) is 3.82. The number of aryl methyl sites for hydroxylation is 1. The van der Waals surface area contributed by atoms with Crippen molar-refractivity contribution in [3.05, 3.63) is 242 Å². The Bertz CT molecular complexity index is 4400. The van der Waals surface area contributed by atoms with Gasteiger partial charge in [-0.25, -0.2) is 4.98 Å². The first-order valence-corrected chi connectivity index (χ1v) is 23.9. The molecule has 0 aliphatic carbocycles. The lowest BCUT2D eigenvalue weighted by Crippen LogP contribution is -1.95. The van der Waals surface area contributed by atoms with Crippen molar-refractivity contribution in [2.24, 2.45) is 0 Å². The van der Waals surface area contributed by atoms with Crippen molar-refractivity contribution in [3.8, 4) is 66.9 Å². The number of benzene rings is 12. The molecule has 12 aromatic carbocycles. The second-order valence-electron chi connectivity index (χ2n) is 18.5. The average molecular weight is 891 g/mol. The van der Waals surface area contributed by atoms with Gasteiger partial charge < -0.3 is 4.42 Å². The van der Waals surface area contributed by atoms with E-state index in [2.05, 4.69) is 225 Å². The van der Waals surface area contributed by atoms with Crippen molar-refractivity contribution in [2.75, 3.05) is 0 Å². The van der Waals surface area contributed by atoms with Crippen LogP contribution >= 0.6 is 0 Å². The van der Waals surface area contributed by atoms with E-state index in [0.29, 0.717) is 0 Å². The minimum absolute atomic E-state index is 0.838. The topological polar surface area (TPSA) is 38.9 Å². The van der Waals surface area contributed by atoms with Gasteiger partial charge in [0.05, 0.1) is 22.9 Å². The number of furan rings is 1. The number of rotatable bonds is 6. The van der Waals surface area contributed by atoms with E-state index in [4.69, 9.17) is 14.4 Å². The lowest BCUT2D eigenvalue weighted by atomic mass is 9.89. The molecule has 0 aliphatic rings. The first kappa shape index (κ1) is 39.9. The van der Waals surface area contributed by atoms with Gasteiger partial charge >= 0.3 is 0 Å². The number of nitrogens with zero attached hydrogens (tertiary/aromatic N) is 2. The van der Waals surface area contributed by atoms with Crippen LogP contribution in [0.1, 0.15) is 5.56 Å². The monoisotopic (exact) mass is 890 g/mol. The normalized spacial score (nSPS) is 11.8. The van der Waals surface area contributed by atoms with Crippen LogP contribution in [0.4, 0.5) is 0 Å². The molecule has 0 bridgehead atoms. The van der Waals surface area contributed by atoms with Crippen LogP contribution in [0, 0.1) is 6.92 Å². The van der Waals surface area contributed by atoms with E-state index in [9.17, 15) is 0 Å². The third-order valence-electron chi connectivity index (χ3n) is 14.4. The highest BCUT2D eigenvalue weighted by Gasteiger charge is 2.19. The molecule has 0 fully saturated rings. The number of hydrogen-bond donors (Lipinski definition) is 0. The Balaban J connectivity index is 0.853. The van der Waals surface area contributed by atoms with E-state index >= 15 is 0 Å². The molecule has 14 aromatic rings. The molecule has 3 nitrogen and oxygen atoms in total. The first-order valence-electron chi connectivity index (χ1n) is 23.9. The van der Waals surface area contributed by atoms with Crippen molar-refractivity contribution in [3.63, 3.8) is 0 Å². The highest BCUT2D eigenvalue weighted by atomic mass is 16.3. The summed E-state index contributed by atoms with van der Waals surface area (Å²) in [5.74, 6) is 0. The summed E-state index contributed by atoms with van der Waals surface area (Å²) in [5, 5.41) is 11.8. The van der Waals surface area contributed by atoms with Gasteiger partial charge in [0.1, 0.15) is 11.2 Å². The molecule has 0 saturated carbocycles. The van der Waals surface area contributed by atoms with Gasteiger partial charge in [0, 0.05) is 32.7 Å². The van der Waals surface area contributed by atoms with Crippen LogP contribution in [0.25, 0.3) is 143 Å². The van der Waals surface area contributed by atoms with Gasteiger partial charge in [0.25, 0.3) is 0 Å². The summed E-state index contributed by atoms with van der Waals surface area (Å²) in [4.78, 5) is 10.9. The highest BCUT2D eigenvalue weighted by Crippen LogP contribution is 2.43. The first-order chi connectivity index (χ1) is 34.6. The van der Waals surface area contributed by atoms with Gasteiger partial charge in [-0.05, 0) is 119 Å². The van der Waals surface area contributed by atoms with Gasteiger partial charge in [0.2, 0.25) is 0 Å². The fourth-order valence-electron chi connectivity index (χ4n) is 11.0. The Morgan fingerprint density at radius 1 is 0.329 bits per heavy atom. The van der Waals surface area contributed by atoms with E-state index in [0.717, 1.165) is 93.9 Å². The maximum atomic E-state index is 6.36. The van der Waals surface area contributed by atoms with Crippen LogP contribution in [0.3, 0.4) is 0 Å². The summed E-state index contributed by atoms with van der Waals surface area (Å²) in [6, 6.07) is 83.0. The summed E-state index contributed by atoms with van der Waals surface area (Å²) in [7, 11) is 0. The molecule has 70 heavy (non-hydrogen) atoms. The summed E-state index contributed by atoms with van der Waals surface area (Å²) >= 11 is 0. The van der Waals surface area contributed by atoms with Crippen LogP contribution in [-0.4, -0.2) is 9.97 Å². The molecule has 0 spiro atoms. The van der Waals surface area contributed by atoms with E-state index in [-0.39, 0.29) is 0 Å². The number of fused-ring (bicyclic) bond motifs is 11. The zero-order valence-corrected chi connectivity index (χ0v) is 38.3. The molecule has 3 heteroatoms. The SMILES string of the molecule is Cc1cc(-c2cccc3ccccc23)cc2c3nc(-c4ccc(-c5cccc(-c6ccc(-c7cccc8c7oc7ccccc78)cc6)c5)cc4)cnc3c3cc(-c4cccc5ccccc45)ccc3c12. The summed E-state index contributed by atoms with van der Waals surface area (Å²) in [5.41, 5.74) is 18.3. The maximum absolute atomic E-state index is 6.36. The van der Waals surface area contributed by atoms with Crippen LogP contribution < -0.4 is 0 Å². The third-order valence-corrected chi connectivity index (χ3v) is 14.4. The van der Waals surface area contributed by atoms with Gasteiger partial charge in [-0.3, -0.25) is 4.98 Å². The second-order valence-corrected chi connectivity index (χ2v) is 18.5. The molecule has 2 aromatic heterocycles. The molecule has 0 saturated heterocycles. The van der Waals surface area contributed by atoms with E-state index in [1.54, 1.807) is 0 Å². The Morgan fingerprint density at radius 2 is 0.871 bits per heavy atom. The third kappa shape index (κ3) is 6.51. The lowest BCUT2D eigenvalue weighted by Gasteiger charge is -2.16. The Labute approximate surface area is 404 Å². The predicted molar refractivity (Wildman–Crippen MR) is 294 cm³/mol. The molecule has 0 radical (unpaired) electrons. The fourth-order valence-corrected chi connectivity index (χ4v) is 11.0. The van der Waals surface area contributed by atoms with Gasteiger partial charge in [0.15, 0.2) is 0 Å². The maximum Gasteiger partial charge on any atom is 0.143 e. The molecule has 14 rings (SSSR count). The van der Waals surface area contributed by atoms with Crippen molar-refractivity contribution >= 4 is 76.1 Å². The fraction of sp³-hybridized carbons (Fsp3) is 0.0149. The number of aromatic nitrogens is 2. The smallest absolute Gasteiger partial charge is 0.143 e. The number of hydrogen-bond acceptors (Lipinski definition) is 3. The Hall–Kier alpha value is -9.18. The molecule has 326 valence electrons. The number of para-hydroxylation sites is 2. The van der Waals surface area contributed by atoms with Gasteiger partial charge in [-0.2, -0.15) is 0 Å². The van der Waals surface area contributed by atoms with E-state index < -0.39 is 0 Å². The molecule has 0 atom stereocenters. The molecule has 0 N–H and O–H groups in total. The minimum atomic E-state index is 0.838. The quantitative estimate of drug-likeness (QED) is 0.156. The summed E-state index contributed by atoms with van der Waals surface area (Å²) in [6.07, 6.45) is 1.95. The largest absolute Gasteiger partial charge is 0.455 e. The van der Waals surface area contributed by atoms with Crippen molar-refractivity contribution in [1.82, 2.24) is 9.97 Å².